The topological polar surface area (TPSA) is 67.4 Å². The van der Waals surface area contributed by atoms with Crippen LogP contribution in [-0.4, -0.2) is 38.1 Å². The SMILES string of the molecule is C=C(C)C(C)(C)NC(=O)C1C(CNC=O)CC1COC. The molecule has 0 saturated heterocycles. The zero-order valence-electron chi connectivity index (χ0n) is 12.9. The first-order valence-corrected chi connectivity index (χ1v) is 6.97. The molecular formula is C15H26N2O3. The zero-order chi connectivity index (χ0) is 15.3. The first-order chi connectivity index (χ1) is 9.33. The van der Waals surface area contributed by atoms with Gasteiger partial charge in [0.1, 0.15) is 0 Å². The summed E-state index contributed by atoms with van der Waals surface area (Å²) < 4.78 is 5.17. The summed E-state index contributed by atoms with van der Waals surface area (Å²) in [5, 5.41) is 5.71. The van der Waals surface area contributed by atoms with Crippen LogP contribution in [-0.2, 0) is 14.3 Å². The fourth-order valence-electron chi connectivity index (χ4n) is 2.59. The van der Waals surface area contributed by atoms with Gasteiger partial charge in [-0.1, -0.05) is 12.2 Å². The van der Waals surface area contributed by atoms with Crippen molar-refractivity contribution in [3.05, 3.63) is 12.2 Å². The standard InChI is InChI=1S/C15H26N2O3/c1-10(2)15(3,4)17-14(19)13-11(7-16-9-18)6-12(13)8-20-5/h9,11-13H,1,6-8H2,2-5H3,(H,16,18)(H,17,19). The number of hydrogen-bond acceptors (Lipinski definition) is 3. The zero-order valence-corrected chi connectivity index (χ0v) is 12.9. The fraction of sp³-hybridized carbons (Fsp3) is 0.733. The minimum atomic E-state index is -0.424. The second kappa shape index (κ2) is 6.88. The van der Waals surface area contributed by atoms with E-state index in [4.69, 9.17) is 4.74 Å². The number of methoxy groups -OCH3 is 1. The molecule has 20 heavy (non-hydrogen) atoms. The molecule has 0 bridgehead atoms. The van der Waals surface area contributed by atoms with Gasteiger partial charge in [-0.05, 0) is 39.0 Å². The Balaban J connectivity index is 2.68. The Morgan fingerprint density at radius 3 is 2.60 bits per heavy atom. The van der Waals surface area contributed by atoms with Crippen LogP contribution in [0.25, 0.3) is 0 Å². The third-order valence-electron chi connectivity index (χ3n) is 4.27. The van der Waals surface area contributed by atoms with Crippen LogP contribution in [0.2, 0.25) is 0 Å². The van der Waals surface area contributed by atoms with E-state index in [1.165, 1.54) is 0 Å². The minimum absolute atomic E-state index is 0.0176. The average molecular weight is 282 g/mol. The quantitative estimate of drug-likeness (QED) is 0.517. The Morgan fingerprint density at radius 2 is 2.10 bits per heavy atom. The summed E-state index contributed by atoms with van der Waals surface area (Å²) >= 11 is 0. The van der Waals surface area contributed by atoms with E-state index in [0.717, 1.165) is 12.0 Å². The van der Waals surface area contributed by atoms with Crippen molar-refractivity contribution in [1.29, 1.82) is 0 Å². The van der Waals surface area contributed by atoms with Gasteiger partial charge in [0.05, 0.1) is 5.54 Å². The van der Waals surface area contributed by atoms with E-state index < -0.39 is 5.54 Å². The van der Waals surface area contributed by atoms with Crippen LogP contribution in [0.15, 0.2) is 12.2 Å². The number of hydrogen-bond donors (Lipinski definition) is 2. The van der Waals surface area contributed by atoms with Gasteiger partial charge < -0.3 is 15.4 Å². The van der Waals surface area contributed by atoms with E-state index in [2.05, 4.69) is 17.2 Å². The molecule has 0 heterocycles. The molecule has 1 saturated carbocycles. The van der Waals surface area contributed by atoms with Gasteiger partial charge in [0.15, 0.2) is 0 Å². The second-order valence-electron chi connectivity index (χ2n) is 6.16. The molecule has 0 radical (unpaired) electrons. The van der Waals surface area contributed by atoms with Gasteiger partial charge in [-0.2, -0.15) is 0 Å². The lowest BCUT2D eigenvalue weighted by molar-refractivity contribution is -0.138. The van der Waals surface area contributed by atoms with Gasteiger partial charge in [-0.15, -0.1) is 0 Å². The van der Waals surface area contributed by atoms with Crippen molar-refractivity contribution in [2.45, 2.75) is 32.7 Å². The molecule has 5 nitrogen and oxygen atoms in total. The van der Waals surface area contributed by atoms with Crippen molar-refractivity contribution in [3.8, 4) is 0 Å². The highest BCUT2D eigenvalue weighted by atomic mass is 16.5. The maximum atomic E-state index is 12.5. The highest BCUT2D eigenvalue weighted by Crippen LogP contribution is 2.40. The predicted molar refractivity (Wildman–Crippen MR) is 78.1 cm³/mol. The second-order valence-corrected chi connectivity index (χ2v) is 6.16. The molecule has 2 amide bonds. The van der Waals surface area contributed by atoms with E-state index in [1.54, 1.807) is 7.11 Å². The van der Waals surface area contributed by atoms with E-state index in [9.17, 15) is 9.59 Å². The largest absolute Gasteiger partial charge is 0.384 e. The van der Waals surface area contributed by atoms with E-state index in [1.807, 2.05) is 20.8 Å². The summed E-state index contributed by atoms with van der Waals surface area (Å²) in [6, 6.07) is 0. The van der Waals surface area contributed by atoms with Crippen LogP contribution < -0.4 is 10.6 Å². The van der Waals surface area contributed by atoms with Crippen LogP contribution in [0.3, 0.4) is 0 Å². The molecule has 0 aromatic rings. The van der Waals surface area contributed by atoms with E-state index in [-0.39, 0.29) is 23.7 Å². The Labute approximate surface area is 121 Å². The Bertz CT molecular complexity index is 379. The first-order valence-electron chi connectivity index (χ1n) is 6.97. The Hall–Kier alpha value is -1.36. The van der Waals surface area contributed by atoms with Crippen molar-refractivity contribution >= 4 is 12.3 Å². The van der Waals surface area contributed by atoms with Crippen LogP contribution in [0, 0.1) is 17.8 Å². The third-order valence-corrected chi connectivity index (χ3v) is 4.27. The number of carbonyl (C=O) groups is 2. The van der Waals surface area contributed by atoms with Crippen molar-refractivity contribution in [2.24, 2.45) is 17.8 Å². The monoisotopic (exact) mass is 282 g/mol. The number of nitrogens with one attached hydrogen (secondary N) is 2. The molecule has 1 aliphatic carbocycles. The number of rotatable bonds is 8. The van der Waals surface area contributed by atoms with Crippen molar-refractivity contribution in [3.63, 3.8) is 0 Å². The lowest BCUT2D eigenvalue weighted by atomic mass is 9.64. The highest BCUT2D eigenvalue weighted by molar-refractivity contribution is 5.81. The van der Waals surface area contributed by atoms with Gasteiger partial charge >= 0.3 is 0 Å². The molecule has 1 fully saturated rings. The maximum Gasteiger partial charge on any atom is 0.224 e. The molecule has 2 N–H and O–H groups in total. The van der Waals surface area contributed by atoms with Gasteiger partial charge in [-0.3, -0.25) is 9.59 Å². The smallest absolute Gasteiger partial charge is 0.224 e. The number of carbonyl (C=O) groups excluding carboxylic acids is 2. The van der Waals surface area contributed by atoms with E-state index >= 15 is 0 Å². The normalized spacial score (nSPS) is 25.5. The van der Waals surface area contributed by atoms with Crippen molar-refractivity contribution in [2.75, 3.05) is 20.3 Å². The molecular weight excluding hydrogens is 256 g/mol. The summed E-state index contributed by atoms with van der Waals surface area (Å²) in [7, 11) is 1.64. The molecule has 3 unspecified atom stereocenters. The Morgan fingerprint density at radius 1 is 1.45 bits per heavy atom. The number of amides is 2. The summed E-state index contributed by atoms with van der Waals surface area (Å²) in [4.78, 5) is 22.9. The molecule has 0 aromatic carbocycles. The summed E-state index contributed by atoms with van der Waals surface area (Å²) in [5.41, 5.74) is 0.489. The molecule has 114 valence electrons. The van der Waals surface area contributed by atoms with Crippen LogP contribution in [0.1, 0.15) is 27.2 Å². The molecule has 0 spiro atoms. The fourth-order valence-corrected chi connectivity index (χ4v) is 2.59. The molecule has 3 atom stereocenters. The summed E-state index contributed by atoms with van der Waals surface area (Å²) in [5.74, 6) is 0.311. The molecule has 5 heteroatoms. The lowest BCUT2D eigenvalue weighted by Gasteiger charge is -2.44. The first kappa shape index (κ1) is 16.7. The molecule has 1 aliphatic rings. The van der Waals surface area contributed by atoms with Crippen molar-refractivity contribution in [1.82, 2.24) is 10.6 Å². The highest BCUT2D eigenvalue weighted by Gasteiger charge is 2.46. The van der Waals surface area contributed by atoms with E-state index in [0.29, 0.717) is 19.6 Å². The van der Waals surface area contributed by atoms with Gasteiger partial charge in [0.25, 0.3) is 0 Å². The molecule has 0 aromatic heterocycles. The van der Waals surface area contributed by atoms with Gasteiger partial charge in [0, 0.05) is 26.2 Å². The number of ether oxygens (including phenoxy) is 1. The summed E-state index contributed by atoms with van der Waals surface area (Å²) in [6.07, 6.45) is 1.58. The average Bonchev–Trinajstić information content (AvgIpc) is 2.31. The maximum absolute atomic E-state index is 12.5. The third kappa shape index (κ3) is 3.82. The van der Waals surface area contributed by atoms with Crippen molar-refractivity contribution < 1.29 is 14.3 Å². The van der Waals surface area contributed by atoms with Gasteiger partial charge in [0.2, 0.25) is 12.3 Å². The lowest BCUT2D eigenvalue weighted by Crippen LogP contribution is -2.56. The Kier molecular flexibility index (Phi) is 5.74. The molecule has 0 aliphatic heterocycles. The minimum Gasteiger partial charge on any atom is -0.384 e. The predicted octanol–water partition coefficient (Wildman–Crippen LogP) is 1.10. The molecule has 1 rings (SSSR count). The van der Waals surface area contributed by atoms with Crippen LogP contribution in [0.4, 0.5) is 0 Å². The van der Waals surface area contributed by atoms with Crippen LogP contribution in [0.5, 0.6) is 0 Å². The summed E-state index contributed by atoms with van der Waals surface area (Å²) in [6.45, 7) is 10.8. The van der Waals surface area contributed by atoms with Crippen LogP contribution >= 0.6 is 0 Å². The van der Waals surface area contributed by atoms with Gasteiger partial charge in [-0.25, -0.2) is 0 Å².